The van der Waals surface area contributed by atoms with Crippen LogP contribution in [0.2, 0.25) is 0 Å². The molecule has 0 aromatic carbocycles. The Hall–Kier alpha value is -1.03. The van der Waals surface area contributed by atoms with E-state index in [1.54, 1.807) is 6.08 Å². The van der Waals surface area contributed by atoms with Gasteiger partial charge in [-0.05, 0) is 39.5 Å². The highest BCUT2D eigenvalue weighted by Gasteiger charge is 2.26. The molecule has 4 nitrogen and oxygen atoms in total. The van der Waals surface area contributed by atoms with Crippen molar-refractivity contribution in [3.05, 3.63) is 12.2 Å². The van der Waals surface area contributed by atoms with Gasteiger partial charge >= 0.3 is 6.09 Å². The predicted molar refractivity (Wildman–Crippen MR) is 89.8 cm³/mol. The van der Waals surface area contributed by atoms with Crippen molar-refractivity contribution in [3.63, 3.8) is 0 Å². The van der Waals surface area contributed by atoms with E-state index in [1.807, 2.05) is 33.8 Å². The number of carbonyl (C=O) groups is 1. The van der Waals surface area contributed by atoms with E-state index in [0.717, 1.165) is 12.8 Å². The fraction of sp³-hybridized carbons (Fsp3) is 0.833. The molecule has 0 aliphatic heterocycles. The van der Waals surface area contributed by atoms with Crippen molar-refractivity contribution >= 4 is 6.09 Å². The monoisotopic (exact) mass is 311 g/mol. The summed E-state index contributed by atoms with van der Waals surface area (Å²) in [6, 6.07) is -0.277. The molecule has 0 saturated heterocycles. The largest absolute Gasteiger partial charge is 0.444 e. The third-order valence-electron chi connectivity index (χ3n) is 4.00. The van der Waals surface area contributed by atoms with Crippen LogP contribution in [0.5, 0.6) is 0 Å². The smallest absolute Gasteiger partial charge is 0.407 e. The van der Waals surface area contributed by atoms with Crippen molar-refractivity contribution in [1.29, 1.82) is 0 Å². The van der Waals surface area contributed by atoms with Crippen LogP contribution in [0.1, 0.15) is 72.6 Å². The molecule has 1 saturated carbocycles. The highest BCUT2D eigenvalue weighted by atomic mass is 16.6. The second kappa shape index (κ2) is 9.19. The Labute approximate surface area is 135 Å². The van der Waals surface area contributed by atoms with Crippen molar-refractivity contribution in [1.82, 2.24) is 5.32 Å². The molecular weight excluding hydrogens is 278 g/mol. The SMILES string of the molecule is CCC=C[C@H](O)[C@H](CC1CCCCC1)NC(=O)OC(C)(C)C. The number of allylic oxidation sites excluding steroid dienone is 1. The summed E-state index contributed by atoms with van der Waals surface area (Å²) in [6.45, 7) is 7.56. The Kier molecular flexibility index (Phi) is 7.94. The summed E-state index contributed by atoms with van der Waals surface area (Å²) in [7, 11) is 0. The van der Waals surface area contributed by atoms with Gasteiger partial charge in [-0.1, -0.05) is 51.2 Å². The van der Waals surface area contributed by atoms with Crippen LogP contribution in [0.15, 0.2) is 12.2 Å². The molecule has 4 heteroatoms. The minimum absolute atomic E-state index is 0.277. The van der Waals surface area contributed by atoms with Gasteiger partial charge in [0, 0.05) is 0 Å². The minimum atomic E-state index is -0.658. The molecule has 0 bridgehead atoms. The zero-order valence-corrected chi connectivity index (χ0v) is 14.6. The van der Waals surface area contributed by atoms with Crippen molar-refractivity contribution < 1.29 is 14.6 Å². The molecule has 22 heavy (non-hydrogen) atoms. The average Bonchev–Trinajstić information content (AvgIpc) is 2.43. The van der Waals surface area contributed by atoms with Crippen molar-refractivity contribution in [2.24, 2.45) is 5.92 Å². The van der Waals surface area contributed by atoms with Gasteiger partial charge in [0.2, 0.25) is 0 Å². The second-order valence-corrected chi connectivity index (χ2v) is 7.32. The van der Waals surface area contributed by atoms with E-state index in [1.165, 1.54) is 32.1 Å². The molecule has 0 heterocycles. The summed E-state index contributed by atoms with van der Waals surface area (Å²) in [4.78, 5) is 12.0. The third-order valence-corrected chi connectivity index (χ3v) is 4.00. The van der Waals surface area contributed by atoms with Gasteiger partial charge in [0.15, 0.2) is 0 Å². The fourth-order valence-corrected chi connectivity index (χ4v) is 2.93. The minimum Gasteiger partial charge on any atom is -0.444 e. The summed E-state index contributed by atoms with van der Waals surface area (Å²) in [5, 5.41) is 13.2. The van der Waals surface area contributed by atoms with E-state index in [2.05, 4.69) is 5.32 Å². The van der Waals surface area contributed by atoms with Crippen molar-refractivity contribution in [2.45, 2.75) is 90.4 Å². The summed E-state index contributed by atoms with van der Waals surface area (Å²) in [5.74, 6) is 0.582. The number of amides is 1. The van der Waals surface area contributed by atoms with Crippen LogP contribution in [-0.4, -0.2) is 28.9 Å². The lowest BCUT2D eigenvalue weighted by atomic mass is 9.83. The van der Waals surface area contributed by atoms with Crippen LogP contribution in [-0.2, 0) is 4.74 Å². The van der Waals surface area contributed by atoms with E-state index in [0.29, 0.717) is 5.92 Å². The molecule has 0 radical (unpaired) electrons. The van der Waals surface area contributed by atoms with Crippen LogP contribution in [0.4, 0.5) is 4.79 Å². The molecule has 0 aromatic rings. The van der Waals surface area contributed by atoms with E-state index in [4.69, 9.17) is 4.74 Å². The van der Waals surface area contributed by atoms with E-state index < -0.39 is 17.8 Å². The van der Waals surface area contributed by atoms with Crippen LogP contribution >= 0.6 is 0 Å². The molecule has 1 fully saturated rings. The highest BCUT2D eigenvalue weighted by molar-refractivity contribution is 5.68. The summed E-state index contributed by atoms with van der Waals surface area (Å²) in [5.41, 5.74) is -0.524. The fourth-order valence-electron chi connectivity index (χ4n) is 2.93. The third kappa shape index (κ3) is 7.83. The van der Waals surface area contributed by atoms with Gasteiger partial charge in [-0.3, -0.25) is 0 Å². The van der Waals surface area contributed by atoms with Crippen molar-refractivity contribution in [2.75, 3.05) is 0 Å². The quantitative estimate of drug-likeness (QED) is 0.724. The molecule has 0 unspecified atom stereocenters. The number of hydrogen-bond donors (Lipinski definition) is 2. The number of aliphatic hydroxyl groups excluding tert-OH is 1. The molecule has 128 valence electrons. The highest BCUT2D eigenvalue weighted by Crippen LogP contribution is 2.28. The summed E-state index contributed by atoms with van der Waals surface area (Å²) in [6.07, 6.45) is 10.5. The summed E-state index contributed by atoms with van der Waals surface area (Å²) >= 11 is 0. The normalized spacial score (nSPS) is 19.9. The van der Waals surface area contributed by atoms with E-state index >= 15 is 0 Å². The van der Waals surface area contributed by atoms with Gasteiger partial charge in [-0.25, -0.2) is 4.79 Å². The first-order chi connectivity index (χ1) is 10.3. The van der Waals surface area contributed by atoms with Gasteiger partial charge < -0.3 is 15.2 Å². The van der Waals surface area contributed by atoms with Crippen LogP contribution in [0.3, 0.4) is 0 Å². The van der Waals surface area contributed by atoms with Crippen LogP contribution < -0.4 is 5.32 Å². The maximum atomic E-state index is 12.0. The number of hydrogen-bond acceptors (Lipinski definition) is 3. The first-order valence-corrected chi connectivity index (χ1v) is 8.66. The first kappa shape index (κ1) is 19.0. The lowest BCUT2D eigenvalue weighted by Crippen LogP contribution is -2.46. The number of nitrogens with one attached hydrogen (secondary N) is 1. The molecule has 0 aromatic heterocycles. The lowest BCUT2D eigenvalue weighted by molar-refractivity contribution is 0.0434. The van der Waals surface area contributed by atoms with Crippen molar-refractivity contribution in [3.8, 4) is 0 Å². The van der Waals surface area contributed by atoms with E-state index in [-0.39, 0.29) is 6.04 Å². The van der Waals surface area contributed by atoms with Gasteiger partial charge in [0.05, 0.1) is 12.1 Å². The number of carbonyl (C=O) groups excluding carboxylic acids is 1. The molecule has 2 atom stereocenters. The Morgan fingerprint density at radius 1 is 1.32 bits per heavy atom. The van der Waals surface area contributed by atoms with Gasteiger partial charge in [0.25, 0.3) is 0 Å². The van der Waals surface area contributed by atoms with Crippen LogP contribution in [0, 0.1) is 5.92 Å². The molecule has 1 aliphatic rings. The average molecular weight is 311 g/mol. The van der Waals surface area contributed by atoms with Gasteiger partial charge in [0.1, 0.15) is 5.60 Å². The number of rotatable bonds is 6. The number of alkyl carbamates (subject to hydrolysis) is 1. The molecular formula is C18H33NO3. The number of aliphatic hydroxyl groups is 1. The zero-order chi connectivity index (χ0) is 16.6. The Morgan fingerprint density at radius 2 is 1.95 bits per heavy atom. The molecule has 0 spiro atoms. The number of ether oxygens (including phenoxy) is 1. The molecule has 1 rings (SSSR count). The predicted octanol–water partition coefficient (Wildman–Crippen LogP) is 4.18. The maximum Gasteiger partial charge on any atom is 0.407 e. The Morgan fingerprint density at radius 3 is 2.50 bits per heavy atom. The van der Waals surface area contributed by atoms with Gasteiger partial charge in [-0.15, -0.1) is 0 Å². The first-order valence-electron chi connectivity index (χ1n) is 8.66. The summed E-state index contributed by atoms with van der Waals surface area (Å²) < 4.78 is 5.33. The topological polar surface area (TPSA) is 58.6 Å². The van der Waals surface area contributed by atoms with Gasteiger partial charge in [-0.2, -0.15) is 0 Å². The second-order valence-electron chi connectivity index (χ2n) is 7.32. The maximum absolute atomic E-state index is 12.0. The lowest BCUT2D eigenvalue weighted by Gasteiger charge is -2.30. The molecule has 1 amide bonds. The van der Waals surface area contributed by atoms with Crippen LogP contribution in [0.25, 0.3) is 0 Å². The standard InChI is InChI=1S/C18H33NO3/c1-5-6-12-16(20)15(13-14-10-8-7-9-11-14)19-17(21)22-18(2,3)4/h6,12,14-16,20H,5,7-11,13H2,1-4H3,(H,19,21)/t15-,16-/m0/s1. The zero-order valence-electron chi connectivity index (χ0n) is 14.6. The van der Waals surface area contributed by atoms with E-state index in [9.17, 15) is 9.90 Å². The Bertz CT molecular complexity index is 354. The molecule has 1 aliphatic carbocycles. The molecule has 2 N–H and O–H groups in total. The Balaban J connectivity index is 2.63.